The third kappa shape index (κ3) is 5.29. The second-order valence-electron chi connectivity index (χ2n) is 6.11. The van der Waals surface area contributed by atoms with Crippen LogP contribution in [0.3, 0.4) is 0 Å². The fourth-order valence-corrected chi connectivity index (χ4v) is 3.17. The molecule has 0 aliphatic rings. The van der Waals surface area contributed by atoms with E-state index >= 15 is 0 Å². The molecule has 0 atom stereocenters. The molecule has 7 nitrogen and oxygen atoms in total. The van der Waals surface area contributed by atoms with Crippen molar-refractivity contribution >= 4 is 21.6 Å². The SMILES string of the molecule is COCCOc1cc(C)ccc1NC(=O)c1ccc(S(=O)(=O)N(C)C)cc1. The maximum absolute atomic E-state index is 12.5. The third-order valence-electron chi connectivity index (χ3n) is 3.83. The number of ether oxygens (including phenoxy) is 2. The average molecular weight is 392 g/mol. The Morgan fingerprint density at radius 2 is 1.74 bits per heavy atom. The molecule has 0 aliphatic carbocycles. The van der Waals surface area contributed by atoms with Crippen LogP contribution in [-0.4, -0.2) is 53.0 Å². The van der Waals surface area contributed by atoms with Crippen LogP contribution in [0, 0.1) is 6.92 Å². The zero-order valence-electron chi connectivity index (χ0n) is 15.9. The molecule has 0 spiro atoms. The van der Waals surface area contributed by atoms with Gasteiger partial charge in [0.05, 0.1) is 17.2 Å². The van der Waals surface area contributed by atoms with Gasteiger partial charge in [-0.1, -0.05) is 6.07 Å². The Hall–Kier alpha value is -2.42. The standard InChI is InChI=1S/C19H24N2O5S/c1-14-5-10-17(18(13-14)26-12-11-25-4)20-19(22)15-6-8-16(9-7-15)27(23,24)21(2)3/h5-10,13H,11-12H2,1-4H3,(H,20,22). The predicted molar refractivity (Wildman–Crippen MR) is 104 cm³/mol. The number of methoxy groups -OCH3 is 1. The van der Waals surface area contributed by atoms with E-state index in [-0.39, 0.29) is 10.8 Å². The van der Waals surface area contributed by atoms with Crippen molar-refractivity contribution in [2.75, 3.05) is 39.7 Å². The van der Waals surface area contributed by atoms with Crippen LogP contribution in [0.25, 0.3) is 0 Å². The Morgan fingerprint density at radius 3 is 2.33 bits per heavy atom. The molecular weight excluding hydrogens is 368 g/mol. The van der Waals surface area contributed by atoms with Gasteiger partial charge in [-0.2, -0.15) is 0 Å². The molecular formula is C19H24N2O5S. The van der Waals surface area contributed by atoms with Crippen LogP contribution in [0.4, 0.5) is 5.69 Å². The van der Waals surface area contributed by atoms with Gasteiger partial charge < -0.3 is 14.8 Å². The minimum Gasteiger partial charge on any atom is -0.489 e. The van der Waals surface area contributed by atoms with E-state index in [1.165, 1.54) is 38.4 Å². The second kappa shape index (κ2) is 8.98. The van der Waals surface area contributed by atoms with Crippen LogP contribution < -0.4 is 10.1 Å². The molecule has 0 bridgehead atoms. The normalized spacial score (nSPS) is 11.4. The van der Waals surface area contributed by atoms with Gasteiger partial charge in [0.1, 0.15) is 12.4 Å². The topological polar surface area (TPSA) is 84.9 Å². The molecule has 146 valence electrons. The van der Waals surface area contributed by atoms with Crippen molar-refractivity contribution in [3.8, 4) is 5.75 Å². The van der Waals surface area contributed by atoms with Crippen LogP contribution in [0.15, 0.2) is 47.4 Å². The number of amides is 1. The Bertz CT molecular complexity index is 893. The van der Waals surface area contributed by atoms with Gasteiger partial charge in [0.15, 0.2) is 0 Å². The lowest BCUT2D eigenvalue weighted by molar-refractivity contribution is 0.102. The van der Waals surface area contributed by atoms with Crippen LogP contribution in [-0.2, 0) is 14.8 Å². The van der Waals surface area contributed by atoms with Crippen molar-refractivity contribution in [1.29, 1.82) is 0 Å². The molecule has 0 unspecified atom stereocenters. The molecule has 8 heteroatoms. The molecule has 0 heterocycles. The summed E-state index contributed by atoms with van der Waals surface area (Å²) in [6, 6.07) is 11.2. The highest BCUT2D eigenvalue weighted by Crippen LogP contribution is 2.26. The Balaban J connectivity index is 2.18. The van der Waals surface area contributed by atoms with Crippen LogP contribution in [0.2, 0.25) is 0 Å². The first-order valence-corrected chi connectivity index (χ1v) is 9.76. The fraction of sp³-hybridized carbons (Fsp3) is 0.316. The van der Waals surface area contributed by atoms with Crippen molar-refractivity contribution in [2.24, 2.45) is 0 Å². The van der Waals surface area contributed by atoms with Gasteiger partial charge in [0.25, 0.3) is 5.91 Å². The van der Waals surface area contributed by atoms with E-state index in [2.05, 4.69) is 5.32 Å². The van der Waals surface area contributed by atoms with E-state index < -0.39 is 10.0 Å². The van der Waals surface area contributed by atoms with Crippen molar-refractivity contribution in [3.63, 3.8) is 0 Å². The molecule has 2 rings (SSSR count). The molecule has 27 heavy (non-hydrogen) atoms. The lowest BCUT2D eigenvalue weighted by atomic mass is 10.2. The maximum Gasteiger partial charge on any atom is 0.255 e. The Labute approximate surface area is 160 Å². The lowest BCUT2D eigenvalue weighted by Crippen LogP contribution is -2.22. The smallest absolute Gasteiger partial charge is 0.255 e. The highest BCUT2D eigenvalue weighted by atomic mass is 32.2. The van der Waals surface area contributed by atoms with Gasteiger partial charge in [0.2, 0.25) is 10.0 Å². The Morgan fingerprint density at radius 1 is 1.07 bits per heavy atom. The van der Waals surface area contributed by atoms with Gasteiger partial charge in [-0.3, -0.25) is 4.79 Å². The molecule has 0 saturated heterocycles. The average Bonchev–Trinajstić information content (AvgIpc) is 2.64. The van der Waals surface area contributed by atoms with Gasteiger partial charge in [-0.25, -0.2) is 12.7 Å². The number of nitrogens with one attached hydrogen (secondary N) is 1. The highest BCUT2D eigenvalue weighted by Gasteiger charge is 2.18. The number of carbonyl (C=O) groups excluding carboxylic acids is 1. The molecule has 1 amide bonds. The first kappa shape index (κ1) is 20.9. The Kier molecular flexibility index (Phi) is 6.95. The van der Waals surface area contributed by atoms with Crippen LogP contribution >= 0.6 is 0 Å². The van der Waals surface area contributed by atoms with E-state index in [0.717, 1.165) is 9.87 Å². The number of anilines is 1. The first-order valence-electron chi connectivity index (χ1n) is 8.32. The first-order chi connectivity index (χ1) is 12.8. The van der Waals surface area contributed by atoms with Gasteiger partial charge in [-0.05, 0) is 48.9 Å². The predicted octanol–water partition coefficient (Wildman–Crippen LogP) is 2.52. The fourth-order valence-electron chi connectivity index (χ4n) is 2.27. The number of carbonyl (C=O) groups is 1. The van der Waals surface area contributed by atoms with Crippen molar-refractivity contribution in [2.45, 2.75) is 11.8 Å². The molecule has 0 radical (unpaired) electrons. The summed E-state index contributed by atoms with van der Waals surface area (Å²) in [7, 11) is 0.967. The summed E-state index contributed by atoms with van der Waals surface area (Å²) in [4.78, 5) is 12.7. The molecule has 2 aromatic carbocycles. The van der Waals surface area contributed by atoms with Crippen molar-refractivity contribution in [3.05, 3.63) is 53.6 Å². The van der Waals surface area contributed by atoms with Gasteiger partial charge in [0, 0.05) is 26.8 Å². The minimum absolute atomic E-state index is 0.128. The molecule has 0 aromatic heterocycles. The molecule has 0 saturated carbocycles. The second-order valence-corrected chi connectivity index (χ2v) is 8.26. The number of rotatable bonds is 8. The number of nitrogens with zero attached hydrogens (tertiary/aromatic N) is 1. The van der Waals surface area contributed by atoms with Crippen LogP contribution in [0.1, 0.15) is 15.9 Å². The van der Waals surface area contributed by atoms with E-state index in [9.17, 15) is 13.2 Å². The van der Waals surface area contributed by atoms with Crippen molar-refractivity contribution < 1.29 is 22.7 Å². The molecule has 0 fully saturated rings. The number of benzene rings is 2. The quantitative estimate of drug-likeness (QED) is 0.698. The zero-order valence-corrected chi connectivity index (χ0v) is 16.7. The van der Waals surface area contributed by atoms with E-state index in [4.69, 9.17) is 9.47 Å². The molecule has 2 aromatic rings. The summed E-state index contributed by atoms with van der Waals surface area (Å²) in [5, 5.41) is 2.80. The minimum atomic E-state index is -3.53. The van der Waals surface area contributed by atoms with Gasteiger partial charge in [-0.15, -0.1) is 0 Å². The number of sulfonamides is 1. The van der Waals surface area contributed by atoms with Crippen molar-refractivity contribution in [1.82, 2.24) is 4.31 Å². The lowest BCUT2D eigenvalue weighted by Gasteiger charge is -2.14. The monoisotopic (exact) mass is 392 g/mol. The highest BCUT2D eigenvalue weighted by molar-refractivity contribution is 7.89. The molecule has 1 N–H and O–H groups in total. The van der Waals surface area contributed by atoms with Gasteiger partial charge >= 0.3 is 0 Å². The number of hydrogen-bond donors (Lipinski definition) is 1. The number of aryl methyl sites for hydroxylation is 1. The maximum atomic E-state index is 12.5. The summed E-state index contributed by atoms with van der Waals surface area (Å²) < 4.78 is 36.0. The number of hydrogen-bond acceptors (Lipinski definition) is 5. The molecule has 0 aliphatic heterocycles. The van der Waals surface area contributed by atoms with E-state index in [1.807, 2.05) is 19.1 Å². The zero-order chi connectivity index (χ0) is 20.0. The third-order valence-corrected chi connectivity index (χ3v) is 5.65. The van der Waals surface area contributed by atoms with E-state index in [0.29, 0.717) is 30.2 Å². The largest absolute Gasteiger partial charge is 0.489 e. The summed E-state index contributed by atoms with van der Waals surface area (Å²) in [5.74, 6) is 0.191. The summed E-state index contributed by atoms with van der Waals surface area (Å²) in [5.41, 5.74) is 1.88. The van der Waals surface area contributed by atoms with E-state index in [1.54, 1.807) is 13.2 Å². The summed E-state index contributed by atoms with van der Waals surface area (Å²) >= 11 is 0. The summed E-state index contributed by atoms with van der Waals surface area (Å²) in [6.45, 7) is 2.72. The van der Waals surface area contributed by atoms with Crippen LogP contribution in [0.5, 0.6) is 5.75 Å². The summed E-state index contributed by atoms with van der Waals surface area (Å²) in [6.07, 6.45) is 0.